The molecule has 1 atom stereocenters. The van der Waals surface area contributed by atoms with Gasteiger partial charge in [-0.2, -0.15) is 0 Å². The highest BCUT2D eigenvalue weighted by molar-refractivity contribution is 6.70. The molecule has 0 aliphatic carbocycles. The van der Waals surface area contributed by atoms with Gasteiger partial charge in [-0.1, -0.05) is 116 Å². The lowest BCUT2D eigenvalue weighted by atomic mass is 10.0. The molecule has 0 amide bonds. The number of hydrogen-bond acceptors (Lipinski definition) is 2. The molecule has 0 aliphatic heterocycles. The Bertz CT molecular complexity index is 374. The molecule has 0 N–H and O–H groups in total. The van der Waals surface area contributed by atoms with E-state index in [1.807, 2.05) is 0 Å². The van der Waals surface area contributed by atoms with Gasteiger partial charge in [-0.15, -0.1) is 0 Å². The van der Waals surface area contributed by atoms with E-state index in [2.05, 4.69) is 46.2 Å². The summed E-state index contributed by atoms with van der Waals surface area (Å²) in [5.74, 6) is 0. The highest BCUT2D eigenvalue weighted by Crippen LogP contribution is 2.18. The fourth-order valence-electron chi connectivity index (χ4n) is 4.12. The normalized spacial score (nSPS) is 13.6. The molecule has 0 saturated heterocycles. The molecule has 2 nitrogen and oxygen atoms in total. The third-order valence-electron chi connectivity index (χ3n) is 5.85. The molecule has 188 valence electrons. The van der Waals surface area contributed by atoms with E-state index in [1.165, 1.54) is 116 Å². The van der Waals surface area contributed by atoms with Gasteiger partial charge in [0.1, 0.15) is 0 Å². The van der Waals surface area contributed by atoms with Crippen molar-refractivity contribution in [3.63, 3.8) is 0 Å². The summed E-state index contributed by atoms with van der Waals surface area (Å²) >= 11 is 0. The summed E-state index contributed by atoms with van der Waals surface area (Å²) in [6.07, 6.45) is 25.8. The van der Waals surface area contributed by atoms with Crippen LogP contribution in [-0.4, -0.2) is 29.3 Å². The minimum Gasteiger partial charge on any atom is -0.415 e. The van der Waals surface area contributed by atoms with E-state index in [9.17, 15) is 0 Å². The van der Waals surface area contributed by atoms with Crippen LogP contribution in [0.25, 0.3) is 0 Å². The summed E-state index contributed by atoms with van der Waals surface area (Å²) < 4.78 is 12.6. The van der Waals surface area contributed by atoms with Crippen molar-refractivity contribution in [2.45, 2.75) is 168 Å². The average molecular weight is 473 g/mol. The Morgan fingerprint density at radius 1 is 0.484 bits per heavy atom. The number of rotatable bonds is 23. The van der Waals surface area contributed by atoms with Crippen LogP contribution in [0.15, 0.2) is 0 Å². The van der Waals surface area contributed by atoms with Crippen LogP contribution in [0.2, 0.25) is 39.3 Å². The molecule has 0 spiro atoms. The Balaban J connectivity index is 3.51. The van der Waals surface area contributed by atoms with Crippen LogP contribution >= 0.6 is 0 Å². The van der Waals surface area contributed by atoms with Crippen LogP contribution < -0.4 is 0 Å². The first-order valence-electron chi connectivity index (χ1n) is 14.0. The second kappa shape index (κ2) is 19.8. The third-order valence-corrected chi connectivity index (χ3v) is 7.93. The van der Waals surface area contributed by atoms with Gasteiger partial charge in [-0.3, -0.25) is 0 Å². The van der Waals surface area contributed by atoms with Crippen molar-refractivity contribution in [1.82, 2.24) is 0 Å². The topological polar surface area (TPSA) is 18.5 Å². The second-order valence-electron chi connectivity index (χ2n) is 11.7. The van der Waals surface area contributed by atoms with Crippen molar-refractivity contribution >= 4 is 16.6 Å². The van der Waals surface area contributed by atoms with Gasteiger partial charge in [0.25, 0.3) is 0 Å². The fraction of sp³-hybridized carbons (Fsp3) is 1.00. The zero-order chi connectivity index (χ0) is 23.4. The van der Waals surface area contributed by atoms with Gasteiger partial charge in [0.05, 0.1) is 12.7 Å². The highest BCUT2D eigenvalue weighted by atomic mass is 28.4. The lowest BCUT2D eigenvalue weighted by Crippen LogP contribution is -2.38. The van der Waals surface area contributed by atoms with Crippen LogP contribution in [0.5, 0.6) is 0 Å². The predicted molar refractivity (Wildman–Crippen MR) is 146 cm³/mol. The van der Waals surface area contributed by atoms with E-state index in [0.717, 1.165) is 6.61 Å². The number of unbranched alkanes of at least 4 members (excludes halogenated alkanes) is 16. The van der Waals surface area contributed by atoms with Gasteiger partial charge in [0.15, 0.2) is 16.6 Å². The minimum absolute atomic E-state index is 0.315. The van der Waals surface area contributed by atoms with Crippen LogP contribution in [0.1, 0.15) is 122 Å². The molecular formula is C27H60O2Si2. The molecule has 0 saturated carbocycles. The first-order chi connectivity index (χ1) is 14.6. The molecule has 31 heavy (non-hydrogen) atoms. The Labute approximate surface area is 199 Å². The van der Waals surface area contributed by atoms with Crippen molar-refractivity contribution in [1.29, 1.82) is 0 Å². The monoisotopic (exact) mass is 472 g/mol. The quantitative estimate of drug-likeness (QED) is 0.109. The molecule has 0 aromatic rings. The van der Waals surface area contributed by atoms with E-state index in [0.29, 0.717) is 6.10 Å². The summed E-state index contributed by atoms with van der Waals surface area (Å²) in [5, 5.41) is 0. The van der Waals surface area contributed by atoms with Crippen molar-refractivity contribution in [3.05, 3.63) is 0 Å². The predicted octanol–water partition coefficient (Wildman–Crippen LogP) is 10.1. The summed E-state index contributed by atoms with van der Waals surface area (Å²) in [4.78, 5) is 0. The molecule has 0 heterocycles. The lowest BCUT2D eigenvalue weighted by Gasteiger charge is -2.29. The maximum absolute atomic E-state index is 6.40. The zero-order valence-electron chi connectivity index (χ0n) is 22.8. The van der Waals surface area contributed by atoms with Gasteiger partial charge in [0, 0.05) is 0 Å². The zero-order valence-corrected chi connectivity index (χ0v) is 24.8. The second-order valence-corrected chi connectivity index (χ2v) is 20.7. The minimum atomic E-state index is -1.49. The maximum atomic E-state index is 6.40. The SMILES string of the molecule is CCCCCCCCCCCCCCCCCCCC(CO[Si](C)(C)C)O[Si](C)(C)C. The van der Waals surface area contributed by atoms with Crippen LogP contribution in [0.4, 0.5) is 0 Å². The van der Waals surface area contributed by atoms with Crippen molar-refractivity contribution in [2.24, 2.45) is 0 Å². The number of hydrogen-bond donors (Lipinski definition) is 0. The third kappa shape index (κ3) is 26.5. The van der Waals surface area contributed by atoms with Crippen LogP contribution in [-0.2, 0) is 8.85 Å². The van der Waals surface area contributed by atoms with E-state index < -0.39 is 16.6 Å². The van der Waals surface area contributed by atoms with Crippen molar-refractivity contribution < 1.29 is 8.85 Å². The van der Waals surface area contributed by atoms with Gasteiger partial charge < -0.3 is 8.85 Å². The molecule has 0 aromatic carbocycles. The van der Waals surface area contributed by atoms with Crippen molar-refractivity contribution in [2.75, 3.05) is 6.61 Å². The molecule has 0 bridgehead atoms. The molecule has 4 heteroatoms. The molecular weight excluding hydrogens is 412 g/mol. The van der Waals surface area contributed by atoms with Gasteiger partial charge >= 0.3 is 0 Å². The van der Waals surface area contributed by atoms with Gasteiger partial charge in [-0.05, 0) is 45.7 Å². The van der Waals surface area contributed by atoms with E-state index in [-0.39, 0.29) is 0 Å². The van der Waals surface area contributed by atoms with Crippen LogP contribution in [0.3, 0.4) is 0 Å². The average Bonchev–Trinajstić information content (AvgIpc) is 2.66. The molecule has 1 unspecified atom stereocenters. The lowest BCUT2D eigenvalue weighted by molar-refractivity contribution is 0.109. The van der Waals surface area contributed by atoms with Gasteiger partial charge in [0.2, 0.25) is 0 Å². The molecule has 0 fully saturated rings. The maximum Gasteiger partial charge on any atom is 0.184 e. The highest BCUT2D eigenvalue weighted by Gasteiger charge is 2.23. The van der Waals surface area contributed by atoms with Crippen LogP contribution in [0, 0.1) is 0 Å². The summed E-state index contributed by atoms with van der Waals surface area (Å²) in [5.41, 5.74) is 0. The summed E-state index contributed by atoms with van der Waals surface area (Å²) in [6.45, 7) is 16.8. The first-order valence-corrected chi connectivity index (χ1v) is 20.8. The largest absolute Gasteiger partial charge is 0.415 e. The van der Waals surface area contributed by atoms with Crippen molar-refractivity contribution in [3.8, 4) is 0 Å². The fourth-order valence-corrected chi connectivity index (χ4v) is 5.99. The molecule has 0 aliphatic rings. The summed E-state index contributed by atoms with van der Waals surface area (Å²) in [7, 11) is -2.95. The van der Waals surface area contributed by atoms with E-state index in [1.54, 1.807) is 0 Å². The Hall–Kier alpha value is 0.354. The van der Waals surface area contributed by atoms with E-state index >= 15 is 0 Å². The molecule has 0 rings (SSSR count). The Kier molecular flexibility index (Phi) is 20.0. The smallest absolute Gasteiger partial charge is 0.184 e. The summed E-state index contributed by atoms with van der Waals surface area (Å²) in [6, 6.07) is 0. The van der Waals surface area contributed by atoms with Gasteiger partial charge in [-0.25, -0.2) is 0 Å². The molecule has 0 aromatic heterocycles. The van der Waals surface area contributed by atoms with E-state index in [4.69, 9.17) is 8.85 Å². The molecule has 0 radical (unpaired) electrons. The standard InChI is InChI=1S/C27H60O2Si2/c1-8-9-10-11-12-13-14-15-16-17-18-19-20-21-22-23-24-25-27(29-31(5,6)7)26-28-30(2,3)4/h27H,8-26H2,1-7H3. The Morgan fingerprint density at radius 3 is 1.16 bits per heavy atom. The first kappa shape index (κ1) is 31.4. The Morgan fingerprint density at radius 2 is 0.839 bits per heavy atom.